The minimum absolute atomic E-state index is 0.0537. The Labute approximate surface area is 161 Å². The number of halogens is 3. The first-order valence-corrected chi connectivity index (χ1v) is 8.57. The van der Waals surface area contributed by atoms with Crippen LogP contribution in [0.4, 0.5) is 8.78 Å². The molecule has 2 aromatic rings. The molecule has 2 rings (SSSR count). The Bertz CT molecular complexity index is 774. The molecule has 0 fully saturated rings. The summed E-state index contributed by atoms with van der Waals surface area (Å²) in [6.07, 6.45) is 0. The molecule has 0 atom stereocenters. The standard InChI is InChI=1S/C19H21ClF2N2O3/c1-24(11-14-5-3-4-6-15(14)20)12-18(25)23-10-13-7-8-16(27-19(21)22)17(9-13)26-2/h3-9,19H,10-12H2,1-2H3,(H,23,25). The average Bonchev–Trinajstić information content (AvgIpc) is 2.62. The first-order chi connectivity index (χ1) is 12.9. The van der Waals surface area contributed by atoms with Crippen molar-refractivity contribution >= 4 is 17.5 Å². The number of alkyl halides is 2. The van der Waals surface area contributed by atoms with Crippen LogP contribution in [0.25, 0.3) is 0 Å². The lowest BCUT2D eigenvalue weighted by Gasteiger charge is -2.17. The number of hydrogen-bond acceptors (Lipinski definition) is 4. The number of benzene rings is 2. The number of likely N-dealkylation sites (N-methyl/N-ethyl adjacent to an activating group) is 1. The van der Waals surface area contributed by atoms with Gasteiger partial charge in [-0.05, 0) is 36.4 Å². The number of nitrogens with zero attached hydrogens (tertiary/aromatic N) is 1. The fraction of sp³-hybridized carbons (Fsp3) is 0.316. The van der Waals surface area contributed by atoms with E-state index in [4.69, 9.17) is 16.3 Å². The highest BCUT2D eigenvalue weighted by Gasteiger charge is 2.12. The third-order valence-corrected chi connectivity index (χ3v) is 4.11. The molecule has 146 valence electrons. The normalized spacial score (nSPS) is 10.9. The molecule has 0 aliphatic heterocycles. The van der Waals surface area contributed by atoms with Gasteiger partial charge in [-0.3, -0.25) is 9.69 Å². The van der Waals surface area contributed by atoms with Gasteiger partial charge in [-0.2, -0.15) is 8.78 Å². The van der Waals surface area contributed by atoms with Gasteiger partial charge >= 0.3 is 6.61 Å². The quantitative estimate of drug-likeness (QED) is 0.699. The van der Waals surface area contributed by atoms with Gasteiger partial charge in [0.15, 0.2) is 11.5 Å². The third-order valence-electron chi connectivity index (χ3n) is 3.75. The zero-order chi connectivity index (χ0) is 19.8. The second kappa shape index (κ2) is 10.1. The van der Waals surface area contributed by atoms with Gasteiger partial charge in [-0.15, -0.1) is 0 Å². The number of hydrogen-bond donors (Lipinski definition) is 1. The highest BCUT2D eigenvalue weighted by Crippen LogP contribution is 2.29. The monoisotopic (exact) mass is 398 g/mol. The molecule has 0 bridgehead atoms. The van der Waals surface area contributed by atoms with E-state index in [1.54, 1.807) is 18.2 Å². The second-order valence-corrected chi connectivity index (χ2v) is 6.31. The molecule has 0 heterocycles. The smallest absolute Gasteiger partial charge is 0.387 e. The number of nitrogens with one attached hydrogen (secondary N) is 1. The van der Waals surface area contributed by atoms with Crippen LogP contribution in [0.3, 0.4) is 0 Å². The SMILES string of the molecule is COc1cc(CNC(=O)CN(C)Cc2ccccc2Cl)ccc1OC(F)F. The zero-order valence-corrected chi connectivity index (χ0v) is 15.8. The van der Waals surface area contributed by atoms with E-state index in [9.17, 15) is 13.6 Å². The van der Waals surface area contributed by atoms with Gasteiger partial charge in [-0.1, -0.05) is 35.9 Å². The molecule has 0 radical (unpaired) electrons. The van der Waals surface area contributed by atoms with E-state index < -0.39 is 6.61 Å². The molecule has 5 nitrogen and oxygen atoms in total. The molecule has 0 spiro atoms. The van der Waals surface area contributed by atoms with Gasteiger partial charge in [0.05, 0.1) is 13.7 Å². The Morgan fingerprint density at radius 3 is 2.63 bits per heavy atom. The summed E-state index contributed by atoms with van der Waals surface area (Å²) in [6.45, 7) is -1.96. The average molecular weight is 399 g/mol. The predicted molar refractivity (Wildman–Crippen MR) is 99.3 cm³/mol. The Balaban J connectivity index is 1.87. The number of methoxy groups -OCH3 is 1. The van der Waals surface area contributed by atoms with E-state index in [-0.39, 0.29) is 30.5 Å². The van der Waals surface area contributed by atoms with Crippen LogP contribution in [-0.4, -0.2) is 38.1 Å². The Kier molecular flexibility index (Phi) is 7.82. The summed E-state index contributed by atoms with van der Waals surface area (Å²) in [5.41, 5.74) is 1.64. The Hall–Kier alpha value is -2.38. The van der Waals surface area contributed by atoms with E-state index in [0.717, 1.165) is 5.56 Å². The minimum atomic E-state index is -2.93. The molecule has 0 saturated heterocycles. The molecular weight excluding hydrogens is 378 g/mol. The maximum atomic E-state index is 12.3. The summed E-state index contributed by atoms with van der Waals surface area (Å²) in [5, 5.41) is 3.44. The topological polar surface area (TPSA) is 50.8 Å². The van der Waals surface area contributed by atoms with Gasteiger partial charge < -0.3 is 14.8 Å². The third kappa shape index (κ3) is 6.69. The van der Waals surface area contributed by atoms with Gasteiger partial charge in [-0.25, -0.2) is 0 Å². The molecule has 2 aromatic carbocycles. The van der Waals surface area contributed by atoms with Crippen LogP contribution in [-0.2, 0) is 17.9 Å². The number of ether oxygens (including phenoxy) is 2. The largest absolute Gasteiger partial charge is 0.493 e. The van der Waals surface area contributed by atoms with Crippen LogP contribution < -0.4 is 14.8 Å². The van der Waals surface area contributed by atoms with Crippen LogP contribution in [0.15, 0.2) is 42.5 Å². The van der Waals surface area contributed by atoms with Crippen molar-refractivity contribution in [1.29, 1.82) is 0 Å². The molecule has 1 N–H and O–H groups in total. The van der Waals surface area contributed by atoms with Crippen LogP contribution in [0.1, 0.15) is 11.1 Å². The van der Waals surface area contributed by atoms with Crippen molar-refractivity contribution in [1.82, 2.24) is 10.2 Å². The Morgan fingerprint density at radius 2 is 1.96 bits per heavy atom. The van der Waals surface area contributed by atoms with Crippen molar-refractivity contribution in [2.75, 3.05) is 20.7 Å². The van der Waals surface area contributed by atoms with Gasteiger partial charge in [0, 0.05) is 18.1 Å². The van der Waals surface area contributed by atoms with Crippen LogP contribution in [0.2, 0.25) is 5.02 Å². The first-order valence-electron chi connectivity index (χ1n) is 8.19. The van der Waals surface area contributed by atoms with Crippen LogP contribution in [0, 0.1) is 0 Å². The van der Waals surface area contributed by atoms with Gasteiger partial charge in [0.1, 0.15) is 0 Å². The lowest BCUT2D eigenvalue weighted by molar-refractivity contribution is -0.122. The number of rotatable bonds is 9. The highest BCUT2D eigenvalue weighted by atomic mass is 35.5. The van der Waals surface area contributed by atoms with Crippen molar-refractivity contribution in [2.45, 2.75) is 19.7 Å². The molecule has 8 heteroatoms. The lowest BCUT2D eigenvalue weighted by atomic mass is 10.2. The maximum Gasteiger partial charge on any atom is 0.387 e. The summed E-state index contributed by atoms with van der Waals surface area (Å²) in [7, 11) is 3.18. The molecule has 1 amide bonds. The molecule has 0 aliphatic rings. The van der Waals surface area contributed by atoms with Crippen molar-refractivity contribution in [3.63, 3.8) is 0 Å². The molecule has 0 unspecified atom stereocenters. The van der Waals surface area contributed by atoms with Gasteiger partial charge in [0.2, 0.25) is 5.91 Å². The maximum absolute atomic E-state index is 12.3. The number of carbonyl (C=O) groups is 1. The van der Waals surface area contributed by atoms with Crippen LogP contribution in [0.5, 0.6) is 11.5 Å². The fourth-order valence-electron chi connectivity index (χ4n) is 2.49. The summed E-state index contributed by atoms with van der Waals surface area (Å²) in [4.78, 5) is 14.0. The molecule has 0 aliphatic carbocycles. The fourth-order valence-corrected chi connectivity index (χ4v) is 2.69. The zero-order valence-electron chi connectivity index (χ0n) is 15.0. The summed E-state index contributed by atoms with van der Waals surface area (Å²) in [6, 6.07) is 12.0. The van der Waals surface area contributed by atoms with Crippen molar-refractivity contribution in [3.05, 3.63) is 58.6 Å². The predicted octanol–water partition coefficient (Wildman–Crippen LogP) is 3.70. The van der Waals surface area contributed by atoms with Gasteiger partial charge in [0.25, 0.3) is 0 Å². The van der Waals surface area contributed by atoms with Crippen molar-refractivity contribution in [3.8, 4) is 11.5 Å². The first kappa shape index (κ1) is 20.9. The van der Waals surface area contributed by atoms with E-state index in [1.807, 2.05) is 30.1 Å². The Morgan fingerprint density at radius 1 is 1.22 bits per heavy atom. The van der Waals surface area contributed by atoms with Crippen LogP contribution >= 0.6 is 11.6 Å². The molecular formula is C19H21ClF2N2O3. The molecule has 0 aromatic heterocycles. The molecule has 27 heavy (non-hydrogen) atoms. The van der Waals surface area contributed by atoms with Crippen molar-refractivity contribution < 1.29 is 23.0 Å². The van der Waals surface area contributed by atoms with Crippen molar-refractivity contribution in [2.24, 2.45) is 0 Å². The number of amides is 1. The summed E-state index contributed by atoms with van der Waals surface area (Å²) in [5.74, 6) is -0.0450. The second-order valence-electron chi connectivity index (χ2n) is 5.90. The summed E-state index contributed by atoms with van der Waals surface area (Å²) < 4.78 is 34.1. The van der Waals surface area contributed by atoms with E-state index in [1.165, 1.54) is 13.2 Å². The number of carbonyl (C=O) groups excluding carboxylic acids is 1. The van der Waals surface area contributed by atoms with E-state index in [0.29, 0.717) is 17.1 Å². The minimum Gasteiger partial charge on any atom is -0.493 e. The van der Waals surface area contributed by atoms with E-state index >= 15 is 0 Å². The summed E-state index contributed by atoms with van der Waals surface area (Å²) >= 11 is 6.12. The lowest BCUT2D eigenvalue weighted by Crippen LogP contribution is -2.34. The highest BCUT2D eigenvalue weighted by molar-refractivity contribution is 6.31. The van der Waals surface area contributed by atoms with E-state index in [2.05, 4.69) is 10.1 Å². The molecule has 0 saturated carbocycles.